The van der Waals surface area contributed by atoms with Crippen LogP contribution < -0.4 is 15.6 Å². The quantitative estimate of drug-likeness (QED) is 0.528. The first-order chi connectivity index (χ1) is 6.36. The molecule has 4 heteroatoms. The molecule has 0 heterocycles. The summed E-state index contributed by atoms with van der Waals surface area (Å²) in [5, 5.41) is 0. The third-order valence-corrected chi connectivity index (χ3v) is 1.44. The summed E-state index contributed by atoms with van der Waals surface area (Å²) in [7, 11) is 0. The molecular formula is C9H12N2O2. The molecule has 0 fully saturated rings. The van der Waals surface area contributed by atoms with Crippen LogP contribution in [-0.2, 0) is 4.79 Å². The van der Waals surface area contributed by atoms with E-state index in [9.17, 15) is 4.79 Å². The van der Waals surface area contributed by atoms with Crippen molar-refractivity contribution in [2.24, 2.45) is 0 Å². The van der Waals surface area contributed by atoms with Crippen LogP contribution in [0.5, 0.6) is 5.75 Å². The van der Waals surface area contributed by atoms with Gasteiger partial charge in [0.2, 0.25) is 6.41 Å². The van der Waals surface area contributed by atoms with Gasteiger partial charge in [0, 0.05) is 0 Å². The maximum Gasteiger partial charge on any atom is 0.225 e. The highest BCUT2D eigenvalue weighted by atomic mass is 16.5. The first kappa shape index (κ1) is 9.38. The third kappa shape index (κ3) is 3.02. The second-order valence-corrected chi connectivity index (χ2v) is 2.34. The summed E-state index contributed by atoms with van der Waals surface area (Å²) in [5.74, 6) is 0.819. The van der Waals surface area contributed by atoms with Crippen LogP contribution in [0.25, 0.3) is 0 Å². The number of carbonyl (C=O) groups is 1. The molecule has 0 aliphatic rings. The minimum Gasteiger partial charge on any atom is -0.494 e. The summed E-state index contributed by atoms with van der Waals surface area (Å²) >= 11 is 0. The zero-order chi connectivity index (χ0) is 9.52. The van der Waals surface area contributed by atoms with Gasteiger partial charge in [-0.15, -0.1) is 0 Å². The van der Waals surface area contributed by atoms with Crippen molar-refractivity contribution in [3.8, 4) is 5.75 Å². The van der Waals surface area contributed by atoms with E-state index >= 15 is 0 Å². The molecule has 2 N–H and O–H groups in total. The Labute approximate surface area is 76.9 Å². The lowest BCUT2D eigenvalue weighted by molar-refractivity contribution is -0.109. The van der Waals surface area contributed by atoms with Crippen LogP contribution in [0.15, 0.2) is 24.3 Å². The average Bonchev–Trinajstić information content (AvgIpc) is 2.17. The second kappa shape index (κ2) is 5.03. The van der Waals surface area contributed by atoms with E-state index < -0.39 is 0 Å². The monoisotopic (exact) mass is 180 g/mol. The molecule has 0 atom stereocenters. The molecule has 1 aromatic rings. The second-order valence-electron chi connectivity index (χ2n) is 2.34. The van der Waals surface area contributed by atoms with Crippen molar-refractivity contribution in [1.82, 2.24) is 5.43 Å². The van der Waals surface area contributed by atoms with Gasteiger partial charge in [-0.1, -0.05) is 0 Å². The lowest BCUT2D eigenvalue weighted by atomic mass is 10.3. The number of carbonyl (C=O) groups excluding carboxylic acids is 1. The van der Waals surface area contributed by atoms with Gasteiger partial charge >= 0.3 is 0 Å². The Morgan fingerprint density at radius 2 is 2.08 bits per heavy atom. The number of ether oxygens (including phenoxy) is 1. The topological polar surface area (TPSA) is 50.4 Å². The van der Waals surface area contributed by atoms with Gasteiger partial charge in [0.05, 0.1) is 12.3 Å². The van der Waals surface area contributed by atoms with Gasteiger partial charge in [-0.2, -0.15) is 0 Å². The summed E-state index contributed by atoms with van der Waals surface area (Å²) in [4.78, 5) is 9.95. The van der Waals surface area contributed by atoms with Gasteiger partial charge in [0.15, 0.2) is 0 Å². The first-order valence-corrected chi connectivity index (χ1v) is 4.05. The van der Waals surface area contributed by atoms with Gasteiger partial charge in [-0.25, -0.2) is 0 Å². The van der Waals surface area contributed by atoms with E-state index in [2.05, 4.69) is 10.9 Å². The maximum absolute atomic E-state index is 9.95. The molecule has 0 saturated carbocycles. The number of hydrogen-bond acceptors (Lipinski definition) is 3. The van der Waals surface area contributed by atoms with Gasteiger partial charge in [-0.05, 0) is 31.2 Å². The van der Waals surface area contributed by atoms with Gasteiger partial charge < -0.3 is 4.74 Å². The van der Waals surface area contributed by atoms with Crippen molar-refractivity contribution in [1.29, 1.82) is 0 Å². The molecule has 0 aliphatic heterocycles. The van der Waals surface area contributed by atoms with Crippen LogP contribution in [0, 0.1) is 0 Å². The van der Waals surface area contributed by atoms with E-state index in [4.69, 9.17) is 4.74 Å². The minimum atomic E-state index is 0.580. The Morgan fingerprint density at radius 3 is 2.62 bits per heavy atom. The Morgan fingerprint density at radius 1 is 1.38 bits per heavy atom. The van der Waals surface area contributed by atoms with Crippen molar-refractivity contribution in [2.45, 2.75) is 6.92 Å². The summed E-state index contributed by atoms with van der Waals surface area (Å²) < 4.78 is 5.25. The van der Waals surface area contributed by atoms with E-state index in [1.165, 1.54) is 0 Å². The zero-order valence-electron chi connectivity index (χ0n) is 7.41. The van der Waals surface area contributed by atoms with E-state index in [0.717, 1.165) is 11.4 Å². The molecule has 13 heavy (non-hydrogen) atoms. The fraction of sp³-hybridized carbons (Fsp3) is 0.222. The Bertz CT molecular complexity index is 259. The minimum absolute atomic E-state index is 0.580. The number of benzene rings is 1. The molecule has 1 aromatic carbocycles. The van der Waals surface area contributed by atoms with E-state index in [1.807, 2.05) is 31.2 Å². The molecule has 0 saturated heterocycles. The highest BCUT2D eigenvalue weighted by Gasteiger charge is 1.92. The molecule has 0 bridgehead atoms. The van der Waals surface area contributed by atoms with E-state index in [0.29, 0.717) is 13.0 Å². The van der Waals surface area contributed by atoms with Crippen LogP contribution in [0.1, 0.15) is 6.92 Å². The molecule has 0 aliphatic carbocycles. The van der Waals surface area contributed by atoms with Crippen molar-refractivity contribution < 1.29 is 9.53 Å². The zero-order valence-corrected chi connectivity index (χ0v) is 7.41. The van der Waals surface area contributed by atoms with Crippen LogP contribution >= 0.6 is 0 Å². The lowest BCUT2D eigenvalue weighted by Gasteiger charge is -2.05. The molecule has 4 nitrogen and oxygen atoms in total. The van der Waals surface area contributed by atoms with Crippen molar-refractivity contribution in [2.75, 3.05) is 12.0 Å². The molecular weight excluding hydrogens is 168 g/mol. The number of hydrazine groups is 1. The summed E-state index contributed by atoms with van der Waals surface area (Å²) in [6.45, 7) is 2.58. The largest absolute Gasteiger partial charge is 0.494 e. The molecule has 70 valence electrons. The third-order valence-electron chi connectivity index (χ3n) is 1.44. The Kier molecular flexibility index (Phi) is 3.63. The fourth-order valence-corrected chi connectivity index (χ4v) is 0.914. The SMILES string of the molecule is CCOc1ccc(NNC=O)cc1. The van der Waals surface area contributed by atoms with Gasteiger partial charge in [-0.3, -0.25) is 15.6 Å². The van der Waals surface area contributed by atoms with Crippen LogP contribution in [0.2, 0.25) is 0 Å². The normalized spacial score (nSPS) is 9.00. The maximum atomic E-state index is 9.95. The predicted molar refractivity (Wildman–Crippen MR) is 50.4 cm³/mol. The predicted octanol–water partition coefficient (Wildman–Crippen LogP) is 1.16. The van der Waals surface area contributed by atoms with Crippen LogP contribution in [0.4, 0.5) is 5.69 Å². The van der Waals surface area contributed by atoms with E-state index in [-0.39, 0.29) is 0 Å². The number of amides is 1. The molecule has 1 rings (SSSR count). The lowest BCUT2D eigenvalue weighted by Crippen LogP contribution is -2.18. The van der Waals surface area contributed by atoms with Crippen LogP contribution in [0.3, 0.4) is 0 Å². The number of hydrogen-bond donors (Lipinski definition) is 2. The first-order valence-electron chi connectivity index (χ1n) is 4.05. The molecule has 0 radical (unpaired) electrons. The molecule has 0 unspecified atom stereocenters. The summed E-state index contributed by atoms with van der Waals surface area (Å²) in [6, 6.07) is 7.31. The Balaban J connectivity index is 2.53. The highest BCUT2D eigenvalue weighted by Crippen LogP contribution is 2.14. The smallest absolute Gasteiger partial charge is 0.225 e. The standard InChI is InChI=1S/C9H12N2O2/c1-2-13-9-5-3-8(4-6-9)11-10-7-12/h3-7,11H,2H2,1H3,(H,10,12). The summed E-state index contributed by atoms with van der Waals surface area (Å²) in [5.41, 5.74) is 5.85. The van der Waals surface area contributed by atoms with Crippen molar-refractivity contribution in [3.05, 3.63) is 24.3 Å². The van der Waals surface area contributed by atoms with Crippen LogP contribution in [-0.4, -0.2) is 13.0 Å². The van der Waals surface area contributed by atoms with Gasteiger partial charge in [0.1, 0.15) is 5.75 Å². The molecule has 0 aromatic heterocycles. The van der Waals surface area contributed by atoms with Gasteiger partial charge in [0.25, 0.3) is 0 Å². The van der Waals surface area contributed by atoms with E-state index in [1.54, 1.807) is 0 Å². The average molecular weight is 180 g/mol. The molecule has 1 amide bonds. The van der Waals surface area contributed by atoms with Crippen molar-refractivity contribution in [3.63, 3.8) is 0 Å². The number of rotatable bonds is 5. The number of nitrogens with one attached hydrogen (secondary N) is 2. The fourth-order valence-electron chi connectivity index (χ4n) is 0.914. The number of anilines is 1. The molecule has 0 spiro atoms. The highest BCUT2D eigenvalue weighted by molar-refractivity contribution is 5.53. The van der Waals surface area contributed by atoms with Crippen molar-refractivity contribution >= 4 is 12.1 Å². The summed E-state index contributed by atoms with van der Waals surface area (Å²) in [6.07, 6.45) is 0.580. The Hall–Kier alpha value is -1.71.